The van der Waals surface area contributed by atoms with Gasteiger partial charge in [0.25, 0.3) is 5.91 Å². The molecule has 230 valence electrons. The van der Waals surface area contributed by atoms with Crippen molar-refractivity contribution < 1.29 is 23.8 Å². The summed E-state index contributed by atoms with van der Waals surface area (Å²) in [6.07, 6.45) is 1.48. The number of aryl methyl sites for hydroxylation is 1. The van der Waals surface area contributed by atoms with Crippen molar-refractivity contribution in [1.29, 1.82) is 0 Å². The molecule has 4 rings (SSSR count). The molecule has 0 atom stereocenters. The number of anilines is 1. The van der Waals surface area contributed by atoms with Crippen LogP contribution in [0, 0.1) is 10.5 Å². The van der Waals surface area contributed by atoms with E-state index in [2.05, 4.69) is 81.5 Å². The van der Waals surface area contributed by atoms with Gasteiger partial charge in [0.15, 0.2) is 11.5 Å². The van der Waals surface area contributed by atoms with Crippen LogP contribution in [0.1, 0.15) is 52.8 Å². The molecule has 0 radical (unpaired) electrons. The molecule has 0 saturated carbocycles. The lowest BCUT2D eigenvalue weighted by Gasteiger charge is -2.19. The topological polar surface area (TPSA) is 124 Å². The predicted molar refractivity (Wildman–Crippen MR) is 180 cm³/mol. The van der Waals surface area contributed by atoms with Gasteiger partial charge in [-0.15, -0.1) is 10.2 Å². The molecule has 4 aromatic rings. The quantitative estimate of drug-likeness (QED) is 0.0776. The molecule has 12 heteroatoms. The van der Waals surface area contributed by atoms with Crippen LogP contribution in [0.15, 0.2) is 65.8 Å². The van der Waals surface area contributed by atoms with E-state index in [4.69, 9.17) is 14.2 Å². The zero-order chi connectivity index (χ0) is 31.7. The van der Waals surface area contributed by atoms with Crippen molar-refractivity contribution in [2.45, 2.75) is 39.5 Å². The van der Waals surface area contributed by atoms with Crippen LogP contribution in [0.4, 0.5) is 5.13 Å². The van der Waals surface area contributed by atoms with Crippen molar-refractivity contribution >= 4 is 57.1 Å². The van der Waals surface area contributed by atoms with Crippen molar-refractivity contribution in [2.75, 3.05) is 25.6 Å². The summed E-state index contributed by atoms with van der Waals surface area (Å²) in [5, 5.41) is 15.5. The third kappa shape index (κ3) is 9.23. The number of amides is 2. The Balaban J connectivity index is 1.25. The van der Waals surface area contributed by atoms with Crippen LogP contribution >= 0.6 is 33.9 Å². The highest BCUT2D eigenvalue weighted by Gasteiger charge is 2.15. The fourth-order valence-electron chi connectivity index (χ4n) is 4.03. The van der Waals surface area contributed by atoms with Gasteiger partial charge in [-0.2, -0.15) is 5.10 Å². The average molecular weight is 728 g/mol. The Morgan fingerprint density at radius 3 is 2.45 bits per heavy atom. The third-order valence-electron chi connectivity index (χ3n) is 6.36. The molecule has 0 spiro atoms. The number of hydrogen-bond acceptors (Lipinski definition) is 9. The zero-order valence-electron chi connectivity index (χ0n) is 25.1. The standard InChI is InChI=1S/C32H34IN5O5S/c1-20-8-6-7-9-24(20)30(40)35-31-38-37-28(44-31)18-27(39)36-34-19-21-16-25(33)29(26(17-21)41-5)43-15-14-42-23-12-10-22(11-13-23)32(2,3)4/h6-13,16-17,19H,14-15,18H2,1-5H3,(H,36,39)(H,35,38,40)/b34-19-. The number of nitrogens with one attached hydrogen (secondary N) is 2. The van der Waals surface area contributed by atoms with E-state index >= 15 is 0 Å². The van der Waals surface area contributed by atoms with Crippen LogP contribution in [-0.4, -0.2) is 48.5 Å². The molecule has 0 fully saturated rings. The molecule has 0 unspecified atom stereocenters. The molecule has 2 amide bonds. The maximum absolute atomic E-state index is 12.5. The molecule has 0 aliphatic rings. The zero-order valence-corrected chi connectivity index (χ0v) is 28.1. The minimum atomic E-state index is -0.371. The highest BCUT2D eigenvalue weighted by molar-refractivity contribution is 14.1. The summed E-state index contributed by atoms with van der Waals surface area (Å²) in [5.74, 6) is 1.27. The van der Waals surface area contributed by atoms with Crippen LogP contribution in [0.3, 0.4) is 0 Å². The minimum absolute atomic E-state index is 0.0360. The highest BCUT2D eigenvalue weighted by Crippen LogP contribution is 2.33. The van der Waals surface area contributed by atoms with E-state index in [1.165, 1.54) is 11.8 Å². The van der Waals surface area contributed by atoms with Crippen molar-refractivity contribution in [3.63, 3.8) is 0 Å². The summed E-state index contributed by atoms with van der Waals surface area (Å²) in [6, 6.07) is 19.0. The second kappa shape index (κ2) is 15.1. The van der Waals surface area contributed by atoms with Gasteiger partial charge in [-0.05, 0) is 82.0 Å². The van der Waals surface area contributed by atoms with Crippen LogP contribution < -0.4 is 25.0 Å². The molecular formula is C32H34IN5O5S. The van der Waals surface area contributed by atoms with Crippen molar-refractivity contribution in [1.82, 2.24) is 15.6 Å². The first-order valence-corrected chi connectivity index (χ1v) is 15.7. The predicted octanol–water partition coefficient (Wildman–Crippen LogP) is 6.16. The Hall–Kier alpha value is -4.04. The molecule has 0 bridgehead atoms. The van der Waals surface area contributed by atoms with Crippen LogP contribution in [0.5, 0.6) is 17.2 Å². The molecule has 0 aliphatic heterocycles. The molecule has 0 aliphatic carbocycles. The fourth-order valence-corrected chi connectivity index (χ4v) is 5.55. The number of benzene rings is 3. The van der Waals surface area contributed by atoms with E-state index in [1.807, 2.05) is 37.3 Å². The van der Waals surface area contributed by atoms with Gasteiger partial charge in [-0.3, -0.25) is 14.9 Å². The fraction of sp³-hybridized carbons (Fsp3) is 0.281. The molecule has 1 heterocycles. The number of halogens is 1. The monoisotopic (exact) mass is 727 g/mol. The van der Waals surface area contributed by atoms with Crippen molar-refractivity contribution in [3.8, 4) is 17.2 Å². The molecular weight excluding hydrogens is 693 g/mol. The van der Waals surface area contributed by atoms with Crippen LogP contribution in [-0.2, 0) is 16.6 Å². The van der Waals surface area contributed by atoms with E-state index in [9.17, 15) is 9.59 Å². The number of hydrazone groups is 1. The van der Waals surface area contributed by atoms with Gasteiger partial charge in [0.05, 0.1) is 23.3 Å². The SMILES string of the molecule is COc1cc(/C=N\NC(=O)Cc2nnc(NC(=O)c3ccccc3C)s2)cc(I)c1OCCOc1ccc(C(C)(C)C)cc1. The first kappa shape index (κ1) is 32.9. The lowest BCUT2D eigenvalue weighted by atomic mass is 9.87. The molecule has 10 nitrogen and oxygen atoms in total. The Labute approximate surface area is 274 Å². The van der Waals surface area contributed by atoms with E-state index in [1.54, 1.807) is 25.3 Å². The summed E-state index contributed by atoms with van der Waals surface area (Å²) in [5.41, 5.74) is 5.94. The highest BCUT2D eigenvalue weighted by atomic mass is 127. The van der Waals surface area contributed by atoms with Gasteiger partial charge in [0.1, 0.15) is 24.0 Å². The molecule has 2 N–H and O–H groups in total. The van der Waals surface area contributed by atoms with Gasteiger partial charge in [-0.1, -0.05) is 62.4 Å². The van der Waals surface area contributed by atoms with Gasteiger partial charge >= 0.3 is 0 Å². The lowest BCUT2D eigenvalue weighted by molar-refractivity contribution is -0.120. The molecule has 3 aromatic carbocycles. The summed E-state index contributed by atoms with van der Waals surface area (Å²) in [4.78, 5) is 24.9. The maximum Gasteiger partial charge on any atom is 0.257 e. The first-order valence-electron chi connectivity index (χ1n) is 13.8. The largest absolute Gasteiger partial charge is 0.493 e. The van der Waals surface area contributed by atoms with Crippen molar-refractivity contribution in [2.24, 2.45) is 5.10 Å². The number of carbonyl (C=O) groups excluding carboxylic acids is 2. The molecule has 44 heavy (non-hydrogen) atoms. The number of nitrogens with zero attached hydrogens (tertiary/aromatic N) is 3. The third-order valence-corrected chi connectivity index (χ3v) is 8.00. The van der Waals surface area contributed by atoms with Gasteiger partial charge in [0.2, 0.25) is 11.0 Å². The summed E-state index contributed by atoms with van der Waals surface area (Å²) < 4.78 is 18.2. The average Bonchev–Trinajstić information content (AvgIpc) is 3.42. The molecule has 1 aromatic heterocycles. The smallest absolute Gasteiger partial charge is 0.257 e. The number of ether oxygens (including phenoxy) is 3. The van der Waals surface area contributed by atoms with Crippen molar-refractivity contribution in [3.05, 3.63) is 91.5 Å². The Bertz CT molecular complexity index is 1630. The maximum atomic E-state index is 12.5. The van der Waals surface area contributed by atoms with E-state index in [0.29, 0.717) is 46.0 Å². The number of hydrogen-bond donors (Lipinski definition) is 2. The normalized spacial score (nSPS) is 11.3. The number of carbonyl (C=O) groups is 2. The summed E-state index contributed by atoms with van der Waals surface area (Å²) in [7, 11) is 1.56. The summed E-state index contributed by atoms with van der Waals surface area (Å²) in [6.45, 7) is 9.09. The number of rotatable bonds is 12. The van der Waals surface area contributed by atoms with Gasteiger partial charge in [-0.25, -0.2) is 5.43 Å². The number of aromatic nitrogens is 2. The van der Waals surface area contributed by atoms with Crippen LogP contribution in [0.2, 0.25) is 0 Å². The Kier molecular flexibility index (Phi) is 11.3. The second-order valence-corrected chi connectivity index (χ2v) is 13.0. The Morgan fingerprint density at radius 1 is 1.02 bits per heavy atom. The van der Waals surface area contributed by atoms with E-state index in [0.717, 1.165) is 26.2 Å². The van der Waals surface area contributed by atoms with Gasteiger partial charge < -0.3 is 14.2 Å². The van der Waals surface area contributed by atoms with Crippen LogP contribution in [0.25, 0.3) is 0 Å². The minimum Gasteiger partial charge on any atom is -0.493 e. The first-order chi connectivity index (χ1) is 21.0. The van der Waals surface area contributed by atoms with Gasteiger partial charge in [0, 0.05) is 5.56 Å². The van der Waals surface area contributed by atoms with E-state index < -0.39 is 0 Å². The summed E-state index contributed by atoms with van der Waals surface area (Å²) >= 11 is 3.30. The second-order valence-electron chi connectivity index (χ2n) is 10.7. The number of methoxy groups -OCH3 is 1. The molecule has 0 saturated heterocycles. The van der Waals surface area contributed by atoms with E-state index in [-0.39, 0.29) is 23.7 Å². The lowest BCUT2D eigenvalue weighted by Crippen LogP contribution is -2.19. The Morgan fingerprint density at radius 2 is 1.75 bits per heavy atom.